The average Bonchev–Trinajstić information content (AvgIpc) is 2.18. The minimum Gasteiger partial charge on any atom is -0.459 e. The van der Waals surface area contributed by atoms with E-state index < -0.39 is 0 Å². The van der Waals surface area contributed by atoms with Crippen LogP contribution in [0.25, 0.3) is 0 Å². The lowest BCUT2D eigenvalue weighted by molar-refractivity contribution is -0.145. The molecule has 1 rings (SSSR count). The summed E-state index contributed by atoms with van der Waals surface area (Å²) in [6.07, 6.45) is 7.75. The van der Waals surface area contributed by atoms with E-state index in [-0.39, 0.29) is 12.1 Å². The van der Waals surface area contributed by atoms with Crippen molar-refractivity contribution in [2.45, 2.75) is 52.1 Å². The van der Waals surface area contributed by atoms with Crippen LogP contribution in [-0.4, -0.2) is 12.1 Å². The van der Waals surface area contributed by atoms with Crippen LogP contribution >= 0.6 is 0 Å². The summed E-state index contributed by atoms with van der Waals surface area (Å²) >= 11 is 0. The molecule has 0 aromatic carbocycles. The first-order valence-electron chi connectivity index (χ1n) is 5.08. The first kappa shape index (κ1) is 10.3. The average molecular weight is 182 g/mol. The molecule has 13 heavy (non-hydrogen) atoms. The number of allylic oxidation sites excluding steroid dienone is 1. The van der Waals surface area contributed by atoms with E-state index in [2.05, 4.69) is 0 Å². The zero-order chi connectivity index (χ0) is 9.68. The fourth-order valence-electron chi connectivity index (χ4n) is 1.55. The number of carbonyl (C=O) groups is 1. The molecule has 0 amide bonds. The third-order valence-corrected chi connectivity index (χ3v) is 2.58. The van der Waals surface area contributed by atoms with Gasteiger partial charge in [-0.1, -0.05) is 12.5 Å². The van der Waals surface area contributed by atoms with Crippen molar-refractivity contribution in [2.75, 3.05) is 0 Å². The van der Waals surface area contributed by atoms with Crippen molar-refractivity contribution in [3.63, 3.8) is 0 Å². The van der Waals surface area contributed by atoms with E-state index in [1.165, 1.54) is 19.3 Å². The SMILES string of the molecule is CC=C(C)C(=O)OC1CCCCC1. The van der Waals surface area contributed by atoms with Crippen LogP contribution in [0.2, 0.25) is 0 Å². The second-order valence-corrected chi connectivity index (χ2v) is 3.64. The van der Waals surface area contributed by atoms with Gasteiger partial charge >= 0.3 is 5.97 Å². The number of ether oxygens (including phenoxy) is 1. The van der Waals surface area contributed by atoms with Crippen molar-refractivity contribution in [2.24, 2.45) is 0 Å². The predicted octanol–water partition coefficient (Wildman–Crippen LogP) is 2.83. The highest BCUT2D eigenvalue weighted by molar-refractivity contribution is 5.87. The molecule has 2 nitrogen and oxygen atoms in total. The minimum absolute atomic E-state index is 0.144. The zero-order valence-electron chi connectivity index (χ0n) is 8.51. The van der Waals surface area contributed by atoms with Gasteiger partial charge in [0.15, 0.2) is 0 Å². The molecule has 0 saturated heterocycles. The monoisotopic (exact) mass is 182 g/mol. The quantitative estimate of drug-likeness (QED) is 0.485. The summed E-state index contributed by atoms with van der Waals surface area (Å²) in [5.74, 6) is -0.144. The second-order valence-electron chi connectivity index (χ2n) is 3.64. The highest BCUT2D eigenvalue weighted by Crippen LogP contribution is 2.21. The lowest BCUT2D eigenvalue weighted by Gasteiger charge is -2.21. The van der Waals surface area contributed by atoms with Gasteiger partial charge in [-0.3, -0.25) is 0 Å². The summed E-state index contributed by atoms with van der Waals surface area (Å²) in [6, 6.07) is 0. The highest BCUT2D eigenvalue weighted by Gasteiger charge is 2.17. The second kappa shape index (κ2) is 5.05. The summed E-state index contributed by atoms with van der Waals surface area (Å²) in [6.45, 7) is 3.66. The zero-order valence-corrected chi connectivity index (χ0v) is 8.51. The topological polar surface area (TPSA) is 26.3 Å². The molecule has 0 unspecified atom stereocenters. The molecule has 0 spiro atoms. The molecule has 0 N–H and O–H groups in total. The highest BCUT2D eigenvalue weighted by atomic mass is 16.5. The molecule has 1 fully saturated rings. The van der Waals surface area contributed by atoms with E-state index in [1.807, 2.05) is 6.92 Å². The van der Waals surface area contributed by atoms with Gasteiger partial charge in [0.25, 0.3) is 0 Å². The first-order valence-corrected chi connectivity index (χ1v) is 5.08. The number of esters is 1. The Balaban J connectivity index is 2.34. The smallest absolute Gasteiger partial charge is 0.333 e. The van der Waals surface area contributed by atoms with Crippen molar-refractivity contribution < 1.29 is 9.53 Å². The Hall–Kier alpha value is -0.790. The molecule has 0 atom stereocenters. The molecule has 1 saturated carbocycles. The molecule has 2 heteroatoms. The van der Waals surface area contributed by atoms with Gasteiger partial charge < -0.3 is 4.74 Å². The largest absolute Gasteiger partial charge is 0.459 e. The van der Waals surface area contributed by atoms with Gasteiger partial charge in [0.05, 0.1) is 0 Å². The molecular weight excluding hydrogens is 164 g/mol. The summed E-state index contributed by atoms with van der Waals surface area (Å²) < 4.78 is 5.34. The normalized spacial score (nSPS) is 20.0. The summed E-state index contributed by atoms with van der Waals surface area (Å²) in [7, 11) is 0. The van der Waals surface area contributed by atoms with E-state index in [4.69, 9.17) is 4.74 Å². The molecule has 0 heterocycles. The van der Waals surface area contributed by atoms with Crippen LogP contribution in [-0.2, 0) is 9.53 Å². The molecule has 0 aromatic heterocycles. The Labute approximate surface area is 80.0 Å². The Morgan fingerprint density at radius 1 is 1.31 bits per heavy atom. The Morgan fingerprint density at radius 3 is 2.46 bits per heavy atom. The molecule has 0 aliphatic heterocycles. The maximum atomic E-state index is 11.4. The van der Waals surface area contributed by atoms with Crippen molar-refractivity contribution in [1.82, 2.24) is 0 Å². The first-order chi connectivity index (χ1) is 6.24. The third kappa shape index (κ3) is 3.21. The van der Waals surface area contributed by atoms with Crippen LogP contribution in [0.1, 0.15) is 46.0 Å². The summed E-state index contributed by atoms with van der Waals surface area (Å²) in [5, 5.41) is 0. The van der Waals surface area contributed by atoms with Crippen LogP contribution in [0.3, 0.4) is 0 Å². The molecule has 74 valence electrons. The molecule has 0 aromatic rings. The van der Waals surface area contributed by atoms with Crippen LogP contribution in [0.4, 0.5) is 0 Å². The van der Waals surface area contributed by atoms with Crippen molar-refractivity contribution in [3.8, 4) is 0 Å². The Morgan fingerprint density at radius 2 is 1.92 bits per heavy atom. The minimum atomic E-state index is -0.144. The Kier molecular flexibility index (Phi) is 4.00. The van der Waals surface area contributed by atoms with E-state index >= 15 is 0 Å². The van der Waals surface area contributed by atoms with Crippen LogP contribution < -0.4 is 0 Å². The van der Waals surface area contributed by atoms with E-state index in [0.29, 0.717) is 5.57 Å². The number of hydrogen-bond donors (Lipinski definition) is 0. The molecule has 1 aliphatic rings. The maximum absolute atomic E-state index is 11.4. The third-order valence-electron chi connectivity index (χ3n) is 2.58. The van der Waals surface area contributed by atoms with Crippen LogP contribution in [0.5, 0.6) is 0 Å². The van der Waals surface area contributed by atoms with E-state index in [9.17, 15) is 4.79 Å². The van der Waals surface area contributed by atoms with Gasteiger partial charge in [-0.2, -0.15) is 0 Å². The molecular formula is C11H18O2. The number of hydrogen-bond acceptors (Lipinski definition) is 2. The fraction of sp³-hybridized carbons (Fsp3) is 0.727. The summed E-state index contributed by atoms with van der Waals surface area (Å²) in [4.78, 5) is 11.4. The maximum Gasteiger partial charge on any atom is 0.333 e. The molecule has 1 aliphatic carbocycles. The van der Waals surface area contributed by atoms with Crippen molar-refractivity contribution in [1.29, 1.82) is 0 Å². The van der Waals surface area contributed by atoms with Crippen molar-refractivity contribution >= 4 is 5.97 Å². The van der Waals surface area contributed by atoms with Crippen molar-refractivity contribution in [3.05, 3.63) is 11.6 Å². The van der Waals surface area contributed by atoms with Gasteiger partial charge in [0.2, 0.25) is 0 Å². The molecule has 0 radical (unpaired) electrons. The Bertz CT molecular complexity index is 200. The van der Waals surface area contributed by atoms with Gasteiger partial charge in [0, 0.05) is 5.57 Å². The van der Waals surface area contributed by atoms with E-state index in [0.717, 1.165) is 12.8 Å². The van der Waals surface area contributed by atoms with E-state index in [1.54, 1.807) is 13.0 Å². The van der Waals surface area contributed by atoms with Crippen LogP contribution in [0.15, 0.2) is 11.6 Å². The lowest BCUT2D eigenvalue weighted by atomic mass is 9.98. The van der Waals surface area contributed by atoms with Crippen LogP contribution in [0, 0.1) is 0 Å². The standard InChI is InChI=1S/C11H18O2/c1-3-9(2)11(12)13-10-7-5-4-6-8-10/h3,10H,4-8H2,1-2H3. The van der Waals surface area contributed by atoms with Gasteiger partial charge in [-0.15, -0.1) is 0 Å². The fourth-order valence-corrected chi connectivity index (χ4v) is 1.55. The number of rotatable bonds is 2. The number of carbonyl (C=O) groups excluding carboxylic acids is 1. The van der Waals surface area contributed by atoms with Gasteiger partial charge in [0.1, 0.15) is 6.10 Å². The van der Waals surface area contributed by atoms with Gasteiger partial charge in [-0.05, 0) is 39.5 Å². The lowest BCUT2D eigenvalue weighted by Crippen LogP contribution is -2.21. The van der Waals surface area contributed by atoms with Gasteiger partial charge in [-0.25, -0.2) is 4.79 Å². The summed E-state index contributed by atoms with van der Waals surface area (Å²) in [5.41, 5.74) is 0.713. The predicted molar refractivity (Wildman–Crippen MR) is 52.4 cm³/mol. The molecule has 0 bridgehead atoms.